The largest absolute Gasteiger partial charge is 0.357 e. The van der Waals surface area contributed by atoms with Crippen LogP contribution < -0.4 is 5.32 Å². The minimum Gasteiger partial charge on any atom is -0.357 e. The Hall–Kier alpha value is -1.62. The number of hydrogen-bond acceptors (Lipinski definition) is 2. The van der Waals surface area contributed by atoms with E-state index in [4.69, 9.17) is 0 Å². The van der Waals surface area contributed by atoms with Crippen LogP contribution in [0.25, 0.3) is 0 Å². The third-order valence-corrected chi connectivity index (χ3v) is 3.55. The Balaban J connectivity index is 2.82. The monoisotopic (exact) mass is 322 g/mol. The zero-order chi connectivity index (χ0) is 17.2. The number of aliphatic imine (C=N–C) groups is 1. The van der Waals surface area contributed by atoms with Crippen molar-refractivity contribution < 1.29 is 4.39 Å². The minimum absolute atomic E-state index is 0.154. The maximum atomic E-state index is 13.8. The number of nitrogens with zero attached hydrogens (tertiary/aromatic N) is 3. The molecule has 0 fully saturated rings. The van der Waals surface area contributed by atoms with E-state index < -0.39 is 0 Å². The molecule has 5 heteroatoms. The fourth-order valence-electron chi connectivity index (χ4n) is 2.33. The lowest BCUT2D eigenvalue weighted by Gasteiger charge is -2.21. The maximum absolute atomic E-state index is 13.8. The molecule has 0 bridgehead atoms. The predicted molar refractivity (Wildman–Crippen MR) is 96.1 cm³/mol. The summed E-state index contributed by atoms with van der Waals surface area (Å²) in [6.45, 7) is 7.22. The molecule has 0 saturated heterocycles. The van der Waals surface area contributed by atoms with Crippen LogP contribution in [0.5, 0.6) is 0 Å². The lowest BCUT2D eigenvalue weighted by molar-refractivity contribution is 0.392. The summed E-state index contributed by atoms with van der Waals surface area (Å²) in [6.07, 6.45) is 2.31. The van der Waals surface area contributed by atoms with Gasteiger partial charge in [-0.05, 0) is 45.1 Å². The molecule has 0 amide bonds. The van der Waals surface area contributed by atoms with Crippen LogP contribution in [-0.4, -0.2) is 50.0 Å². The molecule has 130 valence electrons. The van der Waals surface area contributed by atoms with Gasteiger partial charge >= 0.3 is 0 Å². The predicted octanol–water partition coefficient (Wildman–Crippen LogP) is 3.08. The van der Waals surface area contributed by atoms with Crippen molar-refractivity contribution in [3.8, 4) is 0 Å². The fraction of sp³-hybridized carbons (Fsp3) is 0.611. The van der Waals surface area contributed by atoms with Crippen molar-refractivity contribution in [2.24, 2.45) is 4.99 Å². The van der Waals surface area contributed by atoms with Gasteiger partial charge < -0.3 is 15.1 Å². The molecule has 0 saturated carbocycles. The lowest BCUT2D eigenvalue weighted by Crippen LogP contribution is -2.39. The summed E-state index contributed by atoms with van der Waals surface area (Å²) in [5, 5.41) is 3.31. The van der Waals surface area contributed by atoms with Crippen molar-refractivity contribution in [3.63, 3.8) is 0 Å². The average Bonchev–Trinajstić information content (AvgIpc) is 2.51. The standard InChI is InChI=1S/C18H31FN4/c1-6-8-11-23(5)18(20-7-2)21-13-15-9-10-17(19)16(12-15)14-22(3)4/h9-10,12H,6-8,11,13-14H2,1-5H3,(H,20,21). The summed E-state index contributed by atoms with van der Waals surface area (Å²) in [4.78, 5) is 8.80. The number of benzene rings is 1. The maximum Gasteiger partial charge on any atom is 0.193 e. The third kappa shape index (κ3) is 6.99. The highest BCUT2D eigenvalue weighted by atomic mass is 19.1. The molecule has 0 aliphatic heterocycles. The molecule has 1 aromatic rings. The van der Waals surface area contributed by atoms with Crippen LogP contribution in [0.1, 0.15) is 37.8 Å². The number of guanidine groups is 1. The number of hydrogen-bond donors (Lipinski definition) is 1. The highest BCUT2D eigenvalue weighted by Gasteiger charge is 2.07. The van der Waals surface area contributed by atoms with Gasteiger partial charge in [-0.3, -0.25) is 0 Å². The molecule has 0 aliphatic rings. The molecule has 4 nitrogen and oxygen atoms in total. The second-order valence-corrected chi connectivity index (χ2v) is 6.11. The average molecular weight is 322 g/mol. The quantitative estimate of drug-likeness (QED) is 0.589. The van der Waals surface area contributed by atoms with E-state index in [1.807, 2.05) is 31.1 Å². The first-order valence-electron chi connectivity index (χ1n) is 8.39. The summed E-state index contributed by atoms with van der Waals surface area (Å²) in [5.74, 6) is 0.748. The number of halogens is 1. The van der Waals surface area contributed by atoms with Crippen LogP contribution in [0, 0.1) is 5.82 Å². The molecule has 0 spiro atoms. The van der Waals surface area contributed by atoms with Crippen LogP contribution >= 0.6 is 0 Å². The van der Waals surface area contributed by atoms with Gasteiger partial charge in [0.2, 0.25) is 0 Å². The van der Waals surface area contributed by atoms with Crippen molar-refractivity contribution in [1.82, 2.24) is 15.1 Å². The number of unbranched alkanes of at least 4 members (excludes halogenated alkanes) is 1. The van der Waals surface area contributed by atoms with Crippen molar-refractivity contribution in [2.45, 2.75) is 39.8 Å². The molecular weight excluding hydrogens is 291 g/mol. The molecule has 0 unspecified atom stereocenters. The summed E-state index contributed by atoms with van der Waals surface area (Å²) in [7, 11) is 5.94. The van der Waals surface area contributed by atoms with E-state index in [2.05, 4.69) is 36.1 Å². The zero-order valence-electron chi connectivity index (χ0n) is 15.2. The van der Waals surface area contributed by atoms with E-state index in [0.29, 0.717) is 18.7 Å². The molecule has 1 aromatic carbocycles. The first-order chi connectivity index (χ1) is 11.0. The molecule has 0 radical (unpaired) electrons. The van der Waals surface area contributed by atoms with Gasteiger partial charge in [-0.2, -0.15) is 0 Å². The normalized spacial score (nSPS) is 11.9. The first-order valence-corrected chi connectivity index (χ1v) is 8.39. The Kier molecular flexibility index (Phi) is 8.62. The third-order valence-electron chi connectivity index (χ3n) is 3.55. The van der Waals surface area contributed by atoms with Crippen LogP contribution in [0.15, 0.2) is 23.2 Å². The van der Waals surface area contributed by atoms with Crippen molar-refractivity contribution in [3.05, 3.63) is 35.1 Å². The lowest BCUT2D eigenvalue weighted by atomic mass is 10.1. The van der Waals surface area contributed by atoms with Gasteiger partial charge in [0.25, 0.3) is 0 Å². The van der Waals surface area contributed by atoms with Gasteiger partial charge in [0.05, 0.1) is 6.54 Å². The Morgan fingerprint density at radius 1 is 1.22 bits per heavy atom. The summed E-state index contributed by atoms with van der Waals surface area (Å²) >= 11 is 0. The van der Waals surface area contributed by atoms with Gasteiger partial charge in [-0.1, -0.05) is 19.4 Å². The second-order valence-electron chi connectivity index (χ2n) is 6.11. The van der Waals surface area contributed by atoms with Crippen molar-refractivity contribution in [2.75, 3.05) is 34.2 Å². The molecule has 1 N–H and O–H groups in total. The van der Waals surface area contributed by atoms with Crippen LogP contribution in [0.2, 0.25) is 0 Å². The molecule has 0 aromatic heterocycles. The van der Waals surface area contributed by atoms with Gasteiger partial charge in [-0.15, -0.1) is 0 Å². The van der Waals surface area contributed by atoms with Gasteiger partial charge in [0, 0.05) is 32.2 Å². The first kappa shape index (κ1) is 19.4. The minimum atomic E-state index is -0.154. The zero-order valence-corrected chi connectivity index (χ0v) is 15.2. The summed E-state index contributed by atoms with van der Waals surface area (Å²) < 4.78 is 13.8. The number of rotatable bonds is 8. The Morgan fingerprint density at radius 2 is 1.96 bits per heavy atom. The van der Waals surface area contributed by atoms with Crippen molar-refractivity contribution >= 4 is 5.96 Å². The Bertz CT molecular complexity index is 500. The van der Waals surface area contributed by atoms with E-state index in [-0.39, 0.29) is 5.82 Å². The smallest absolute Gasteiger partial charge is 0.193 e. The molecular formula is C18H31FN4. The van der Waals surface area contributed by atoms with Gasteiger partial charge in [0.15, 0.2) is 5.96 Å². The topological polar surface area (TPSA) is 30.9 Å². The second kappa shape index (κ2) is 10.2. The fourth-order valence-corrected chi connectivity index (χ4v) is 2.33. The molecule has 0 aliphatic carbocycles. The summed E-state index contributed by atoms with van der Waals surface area (Å²) in [6, 6.07) is 5.26. The summed E-state index contributed by atoms with van der Waals surface area (Å²) in [5.41, 5.74) is 1.74. The molecule has 0 heterocycles. The van der Waals surface area contributed by atoms with Gasteiger partial charge in [-0.25, -0.2) is 9.38 Å². The Labute approximate surface area is 140 Å². The Morgan fingerprint density at radius 3 is 2.57 bits per heavy atom. The molecule has 23 heavy (non-hydrogen) atoms. The van der Waals surface area contributed by atoms with Crippen LogP contribution in [0.4, 0.5) is 4.39 Å². The SMILES string of the molecule is CCCCN(C)C(=NCc1ccc(F)c(CN(C)C)c1)NCC. The van der Waals surface area contributed by atoms with E-state index >= 15 is 0 Å². The molecule has 0 atom stereocenters. The highest BCUT2D eigenvalue weighted by Crippen LogP contribution is 2.13. The van der Waals surface area contributed by atoms with Crippen molar-refractivity contribution in [1.29, 1.82) is 0 Å². The molecule has 1 rings (SSSR count). The number of nitrogens with one attached hydrogen (secondary N) is 1. The van der Waals surface area contributed by atoms with E-state index in [1.54, 1.807) is 0 Å². The highest BCUT2D eigenvalue weighted by molar-refractivity contribution is 5.79. The van der Waals surface area contributed by atoms with Crippen LogP contribution in [-0.2, 0) is 13.1 Å². The van der Waals surface area contributed by atoms with Crippen LogP contribution in [0.3, 0.4) is 0 Å². The van der Waals surface area contributed by atoms with E-state index in [1.165, 1.54) is 6.07 Å². The van der Waals surface area contributed by atoms with Gasteiger partial charge in [0.1, 0.15) is 5.82 Å². The van der Waals surface area contributed by atoms with E-state index in [0.717, 1.165) is 37.5 Å². The van der Waals surface area contributed by atoms with E-state index in [9.17, 15) is 4.39 Å².